The van der Waals surface area contributed by atoms with E-state index in [4.69, 9.17) is 25.8 Å². The maximum absolute atomic E-state index is 13.5. The minimum Gasteiger partial charge on any atom is -0.507 e. The molecule has 198 valence electrons. The minimum atomic E-state index is -0.926. The Morgan fingerprint density at radius 3 is 2.37 bits per heavy atom. The number of nitrogens with zero attached hydrogens (tertiary/aromatic N) is 1. The van der Waals surface area contributed by atoms with Crippen LogP contribution in [0.5, 0.6) is 17.2 Å². The lowest BCUT2D eigenvalue weighted by molar-refractivity contribution is -0.132. The third-order valence-electron chi connectivity index (χ3n) is 6.21. The molecule has 0 saturated carbocycles. The molecular formula is C30H30ClNO6. The van der Waals surface area contributed by atoms with Crippen LogP contribution in [-0.4, -0.2) is 37.6 Å². The number of amides is 1. The number of ketones is 1. The second kappa shape index (κ2) is 11.2. The van der Waals surface area contributed by atoms with Gasteiger partial charge in [0.2, 0.25) is 0 Å². The third kappa shape index (κ3) is 5.20. The summed E-state index contributed by atoms with van der Waals surface area (Å²) in [6, 6.07) is 16.5. The first-order valence-electron chi connectivity index (χ1n) is 12.2. The van der Waals surface area contributed by atoms with Crippen molar-refractivity contribution in [2.45, 2.75) is 26.8 Å². The number of Topliss-reactive ketones (excluding diaryl/α,β-unsaturated/α-hetero) is 1. The molecule has 3 aromatic rings. The molecule has 4 rings (SSSR count). The van der Waals surface area contributed by atoms with E-state index in [1.165, 1.54) is 31.3 Å². The summed E-state index contributed by atoms with van der Waals surface area (Å²) in [7, 11) is 2.89. The van der Waals surface area contributed by atoms with Gasteiger partial charge in [-0.25, -0.2) is 0 Å². The monoisotopic (exact) mass is 535 g/mol. The molecule has 0 bridgehead atoms. The summed E-state index contributed by atoms with van der Waals surface area (Å²) >= 11 is 6.36. The van der Waals surface area contributed by atoms with Crippen LogP contribution >= 0.6 is 11.6 Å². The third-order valence-corrected chi connectivity index (χ3v) is 6.51. The summed E-state index contributed by atoms with van der Waals surface area (Å²) in [5.41, 5.74) is 2.13. The largest absolute Gasteiger partial charge is 0.507 e. The first kappa shape index (κ1) is 27.1. The highest BCUT2D eigenvalue weighted by molar-refractivity contribution is 6.51. The van der Waals surface area contributed by atoms with E-state index in [0.29, 0.717) is 35.3 Å². The van der Waals surface area contributed by atoms with E-state index in [0.717, 1.165) is 5.56 Å². The summed E-state index contributed by atoms with van der Waals surface area (Å²) in [5.74, 6) is -0.505. The number of aryl methyl sites for hydroxylation is 1. The number of halogens is 1. The molecule has 1 heterocycles. The number of hydrogen-bond donors (Lipinski definition) is 1. The molecule has 1 atom stereocenters. The molecule has 1 fully saturated rings. The molecule has 0 aromatic heterocycles. The highest BCUT2D eigenvalue weighted by atomic mass is 35.5. The number of aliphatic hydroxyl groups excluding tert-OH is 1. The van der Waals surface area contributed by atoms with Crippen LogP contribution in [0.3, 0.4) is 0 Å². The van der Waals surface area contributed by atoms with Gasteiger partial charge in [0.15, 0.2) is 0 Å². The summed E-state index contributed by atoms with van der Waals surface area (Å²) < 4.78 is 16.6. The number of benzene rings is 3. The van der Waals surface area contributed by atoms with Crippen molar-refractivity contribution in [2.24, 2.45) is 5.92 Å². The number of ether oxygens (including phenoxy) is 3. The number of carbonyl (C=O) groups is 2. The minimum absolute atomic E-state index is 0.0861. The van der Waals surface area contributed by atoms with E-state index in [-0.39, 0.29) is 21.9 Å². The van der Waals surface area contributed by atoms with Gasteiger partial charge >= 0.3 is 0 Å². The van der Waals surface area contributed by atoms with Crippen LogP contribution in [0.15, 0.2) is 66.2 Å². The number of anilines is 1. The van der Waals surface area contributed by atoms with Crippen molar-refractivity contribution >= 4 is 34.7 Å². The van der Waals surface area contributed by atoms with Crippen LogP contribution in [0, 0.1) is 12.8 Å². The predicted molar refractivity (Wildman–Crippen MR) is 147 cm³/mol. The Balaban J connectivity index is 1.95. The number of carbonyl (C=O) groups excluding carboxylic acids is 2. The smallest absolute Gasteiger partial charge is 0.300 e. The average Bonchev–Trinajstić information content (AvgIpc) is 3.17. The molecule has 0 aliphatic carbocycles. The first-order chi connectivity index (χ1) is 18.2. The topological polar surface area (TPSA) is 85.3 Å². The Hall–Kier alpha value is -3.97. The predicted octanol–water partition coefficient (Wildman–Crippen LogP) is 6.33. The van der Waals surface area contributed by atoms with Gasteiger partial charge in [-0.15, -0.1) is 0 Å². The molecule has 1 amide bonds. The van der Waals surface area contributed by atoms with Crippen molar-refractivity contribution in [1.82, 2.24) is 0 Å². The molecule has 8 heteroatoms. The van der Waals surface area contributed by atoms with Crippen LogP contribution in [0.4, 0.5) is 5.69 Å². The quantitative estimate of drug-likeness (QED) is 0.206. The highest BCUT2D eigenvalue weighted by Crippen LogP contribution is 2.45. The van der Waals surface area contributed by atoms with E-state index in [9.17, 15) is 14.7 Å². The van der Waals surface area contributed by atoms with E-state index in [2.05, 4.69) is 0 Å². The molecule has 7 nitrogen and oxygen atoms in total. The second-order valence-electron chi connectivity index (χ2n) is 9.47. The van der Waals surface area contributed by atoms with Crippen molar-refractivity contribution in [3.63, 3.8) is 0 Å². The Labute approximate surface area is 227 Å². The maximum Gasteiger partial charge on any atom is 0.300 e. The number of aliphatic hydroxyl groups is 1. The molecule has 1 unspecified atom stereocenters. The lowest BCUT2D eigenvalue weighted by Gasteiger charge is -2.26. The molecule has 3 aromatic carbocycles. The Morgan fingerprint density at radius 2 is 1.71 bits per heavy atom. The molecule has 1 aliphatic heterocycles. The van der Waals surface area contributed by atoms with Crippen molar-refractivity contribution in [1.29, 1.82) is 0 Å². The molecule has 0 radical (unpaired) electrons. The molecule has 1 saturated heterocycles. The molecule has 38 heavy (non-hydrogen) atoms. The van der Waals surface area contributed by atoms with Gasteiger partial charge in [0.25, 0.3) is 11.7 Å². The number of methoxy groups -OCH3 is 2. The van der Waals surface area contributed by atoms with Gasteiger partial charge in [0, 0.05) is 11.8 Å². The summed E-state index contributed by atoms with van der Waals surface area (Å²) in [6.07, 6.45) is 0. The van der Waals surface area contributed by atoms with E-state index >= 15 is 0 Å². The van der Waals surface area contributed by atoms with Crippen LogP contribution in [-0.2, 0) is 9.59 Å². The fraction of sp³-hybridized carbons (Fsp3) is 0.267. The molecule has 1 N–H and O–H groups in total. The van der Waals surface area contributed by atoms with E-state index in [1.807, 2.05) is 45.0 Å². The summed E-state index contributed by atoms with van der Waals surface area (Å²) in [4.78, 5) is 28.4. The van der Waals surface area contributed by atoms with Crippen molar-refractivity contribution in [3.05, 3.63) is 87.9 Å². The van der Waals surface area contributed by atoms with Gasteiger partial charge in [-0.3, -0.25) is 14.5 Å². The van der Waals surface area contributed by atoms with Gasteiger partial charge in [0.1, 0.15) is 23.0 Å². The summed E-state index contributed by atoms with van der Waals surface area (Å²) in [5, 5.41) is 11.8. The molecular weight excluding hydrogens is 506 g/mol. The van der Waals surface area contributed by atoms with Crippen molar-refractivity contribution in [3.8, 4) is 17.2 Å². The highest BCUT2D eigenvalue weighted by Gasteiger charge is 2.47. The van der Waals surface area contributed by atoms with E-state index in [1.54, 1.807) is 24.3 Å². The fourth-order valence-electron chi connectivity index (χ4n) is 4.42. The van der Waals surface area contributed by atoms with Crippen LogP contribution < -0.4 is 19.1 Å². The van der Waals surface area contributed by atoms with Crippen LogP contribution in [0.25, 0.3) is 5.76 Å². The Kier molecular flexibility index (Phi) is 7.97. The van der Waals surface area contributed by atoms with Gasteiger partial charge in [-0.1, -0.05) is 49.7 Å². The van der Waals surface area contributed by atoms with Gasteiger partial charge in [-0.05, 0) is 54.3 Å². The van der Waals surface area contributed by atoms with Crippen molar-refractivity contribution in [2.75, 3.05) is 25.7 Å². The fourth-order valence-corrected chi connectivity index (χ4v) is 4.66. The Morgan fingerprint density at radius 1 is 1.00 bits per heavy atom. The SMILES string of the molecule is COc1cc(OC)c(/C(O)=C2\C(=O)C(=O)N(c3cccc(C)c3)C2c2cccc(OCC(C)C)c2)cc1Cl. The van der Waals surface area contributed by atoms with Gasteiger partial charge in [0.05, 0.1) is 43.0 Å². The molecule has 1 aliphatic rings. The first-order valence-corrected chi connectivity index (χ1v) is 12.6. The van der Waals surface area contributed by atoms with Gasteiger partial charge in [-0.2, -0.15) is 0 Å². The second-order valence-corrected chi connectivity index (χ2v) is 9.88. The van der Waals surface area contributed by atoms with Crippen molar-refractivity contribution < 1.29 is 28.9 Å². The number of rotatable bonds is 8. The molecule has 0 spiro atoms. The number of hydrogen-bond acceptors (Lipinski definition) is 6. The average molecular weight is 536 g/mol. The zero-order valence-corrected chi connectivity index (χ0v) is 22.7. The Bertz CT molecular complexity index is 1410. The lowest BCUT2D eigenvalue weighted by Crippen LogP contribution is -2.29. The maximum atomic E-state index is 13.5. The standard InChI is InChI=1S/C30H30ClNO6/c1-17(2)16-38-21-11-7-9-19(13-21)27-26(28(33)22-14-23(31)25(37-5)15-24(22)36-4)29(34)30(35)32(27)20-10-6-8-18(3)12-20/h6-15,17,27,33H,16H2,1-5H3/b28-26+. The van der Waals surface area contributed by atoms with Crippen LogP contribution in [0.1, 0.15) is 36.6 Å². The zero-order valence-electron chi connectivity index (χ0n) is 21.9. The summed E-state index contributed by atoms with van der Waals surface area (Å²) in [6.45, 7) is 6.50. The zero-order chi connectivity index (χ0) is 27.6. The van der Waals surface area contributed by atoms with Crippen LogP contribution in [0.2, 0.25) is 5.02 Å². The van der Waals surface area contributed by atoms with E-state index < -0.39 is 23.5 Å². The normalized spacial score (nSPS) is 16.7. The van der Waals surface area contributed by atoms with Gasteiger partial charge < -0.3 is 19.3 Å². The lowest BCUT2D eigenvalue weighted by atomic mass is 9.94.